The molecular weight excluding hydrogens is 344 g/mol. The van der Waals surface area contributed by atoms with Crippen molar-refractivity contribution in [3.8, 4) is 5.75 Å². The highest BCUT2D eigenvalue weighted by Crippen LogP contribution is 2.26. The summed E-state index contributed by atoms with van der Waals surface area (Å²) in [6.07, 6.45) is 1.61. The molecule has 0 amide bonds. The minimum atomic E-state index is -0.335. The van der Waals surface area contributed by atoms with Crippen molar-refractivity contribution in [3.63, 3.8) is 0 Å². The van der Waals surface area contributed by atoms with Gasteiger partial charge in [-0.15, -0.1) is 0 Å². The maximum Gasteiger partial charge on any atom is 0.272 e. The molecule has 2 aromatic rings. The van der Waals surface area contributed by atoms with E-state index in [-0.39, 0.29) is 22.3 Å². The number of hydrogen-bond acceptors (Lipinski definition) is 5. The minimum Gasteiger partial charge on any atom is -0.497 e. The summed E-state index contributed by atoms with van der Waals surface area (Å²) in [5.74, 6) is 0.957. The van der Waals surface area contributed by atoms with Crippen molar-refractivity contribution in [2.75, 3.05) is 20.2 Å². The van der Waals surface area contributed by atoms with Crippen LogP contribution in [0.1, 0.15) is 34.3 Å². The fourth-order valence-corrected chi connectivity index (χ4v) is 3.62. The topological polar surface area (TPSA) is 72.7 Å². The number of ketones is 1. The average molecular weight is 368 g/mol. The maximum absolute atomic E-state index is 12.7. The van der Waals surface area contributed by atoms with Crippen molar-refractivity contribution >= 4 is 11.5 Å². The highest BCUT2D eigenvalue weighted by Gasteiger charge is 2.26. The molecule has 0 radical (unpaired) electrons. The van der Waals surface area contributed by atoms with Crippen LogP contribution in [0.15, 0.2) is 42.5 Å². The predicted octanol–water partition coefficient (Wildman–Crippen LogP) is 4.01. The predicted molar refractivity (Wildman–Crippen MR) is 103 cm³/mol. The van der Waals surface area contributed by atoms with Crippen molar-refractivity contribution in [3.05, 3.63) is 69.3 Å². The number of likely N-dealkylation sites (tertiary alicyclic amines) is 1. The molecule has 0 bridgehead atoms. The summed E-state index contributed by atoms with van der Waals surface area (Å²) >= 11 is 0. The molecule has 0 aromatic heterocycles. The zero-order chi connectivity index (χ0) is 19.4. The van der Waals surface area contributed by atoms with Gasteiger partial charge in [0, 0.05) is 29.7 Å². The Bertz CT molecular complexity index is 825. The van der Waals surface area contributed by atoms with E-state index in [9.17, 15) is 14.9 Å². The molecule has 142 valence electrons. The first-order valence-corrected chi connectivity index (χ1v) is 9.13. The van der Waals surface area contributed by atoms with Crippen LogP contribution in [0.2, 0.25) is 0 Å². The van der Waals surface area contributed by atoms with Crippen LogP contribution in [0.3, 0.4) is 0 Å². The van der Waals surface area contributed by atoms with Gasteiger partial charge >= 0.3 is 0 Å². The van der Waals surface area contributed by atoms with Gasteiger partial charge in [0.2, 0.25) is 0 Å². The van der Waals surface area contributed by atoms with Gasteiger partial charge in [0.25, 0.3) is 5.69 Å². The monoisotopic (exact) mass is 368 g/mol. The molecule has 3 rings (SSSR count). The summed E-state index contributed by atoms with van der Waals surface area (Å²) in [7, 11) is 1.61. The third-order valence-electron chi connectivity index (χ3n) is 5.34. The number of carbonyl (C=O) groups is 1. The van der Waals surface area contributed by atoms with Crippen LogP contribution in [-0.2, 0) is 6.54 Å². The van der Waals surface area contributed by atoms with Crippen molar-refractivity contribution in [2.45, 2.75) is 26.3 Å². The number of rotatable bonds is 6. The number of hydrogen-bond donors (Lipinski definition) is 0. The Morgan fingerprint density at radius 2 is 1.85 bits per heavy atom. The fourth-order valence-electron chi connectivity index (χ4n) is 3.62. The van der Waals surface area contributed by atoms with Gasteiger partial charge in [-0.1, -0.05) is 12.1 Å². The van der Waals surface area contributed by atoms with Crippen LogP contribution in [0, 0.1) is 23.0 Å². The van der Waals surface area contributed by atoms with E-state index in [0.717, 1.165) is 48.4 Å². The summed E-state index contributed by atoms with van der Waals surface area (Å²) in [5.41, 5.74) is 2.59. The molecule has 27 heavy (non-hydrogen) atoms. The SMILES string of the molecule is COc1ccc(C(=O)C2CCN(Cc3cccc([N+](=O)[O-])c3C)CC2)cc1. The zero-order valence-corrected chi connectivity index (χ0v) is 15.7. The van der Waals surface area contributed by atoms with Crippen molar-refractivity contribution in [2.24, 2.45) is 5.92 Å². The molecule has 0 spiro atoms. The molecule has 1 aliphatic heterocycles. The first-order valence-electron chi connectivity index (χ1n) is 9.13. The molecule has 2 aromatic carbocycles. The largest absolute Gasteiger partial charge is 0.497 e. The number of benzene rings is 2. The number of Topliss-reactive ketones (excluding diaryl/α,β-unsaturated/α-hetero) is 1. The molecule has 0 atom stereocenters. The van der Waals surface area contributed by atoms with Gasteiger partial charge in [0.15, 0.2) is 5.78 Å². The number of nitro groups is 1. The Kier molecular flexibility index (Phi) is 5.86. The zero-order valence-electron chi connectivity index (χ0n) is 15.7. The average Bonchev–Trinajstić information content (AvgIpc) is 2.69. The highest BCUT2D eigenvalue weighted by molar-refractivity contribution is 5.98. The van der Waals surface area contributed by atoms with Gasteiger partial charge in [-0.3, -0.25) is 19.8 Å². The van der Waals surface area contributed by atoms with Gasteiger partial charge < -0.3 is 4.74 Å². The summed E-state index contributed by atoms with van der Waals surface area (Å²) in [5, 5.41) is 11.1. The Hall–Kier alpha value is -2.73. The van der Waals surface area contributed by atoms with Crippen LogP contribution < -0.4 is 4.74 Å². The van der Waals surface area contributed by atoms with E-state index in [1.54, 1.807) is 26.2 Å². The lowest BCUT2D eigenvalue weighted by Gasteiger charge is -2.31. The molecule has 6 heteroatoms. The van der Waals surface area contributed by atoms with Crippen LogP contribution in [0.25, 0.3) is 0 Å². The number of methoxy groups -OCH3 is 1. The smallest absolute Gasteiger partial charge is 0.272 e. The second kappa shape index (κ2) is 8.31. The third kappa shape index (κ3) is 4.34. The Labute approximate surface area is 158 Å². The van der Waals surface area contributed by atoms with Crippen LogP contribution in [0.4, 0.5) is 5.69 Å². The number of piperidine rings is 1. The van der Waals surface area contributed by atoms with E-state index >= 15 is 0 Å². The summed E-state index contributed by atoms with van der Waals surface area (Å²) in [4.78, 5) is 25.7. The Morgan fingerprint density at radius 3 is 2.44 bits per heavy atom. The van der Waals surface area contributed by atoms with Crippen molar-refractivity contribution in [1.82, 2.24) is 4.90 Å². The second-order valence-electron chi connectivity index (χ2n) is 6.96. The molecule has 6 nitrogen and oxygen atoms in total. The molecule has 0 unspecified atom stereocenters. The molecule has 0 saturated carbocycles. The van der Waals surface area contributed by atoms with Gasteiger partial charge in [-0.05, 0) is 62.7 Å². The van der Waals surface area contributed by atoms with E-state index in [4.69, 9.17) is 4.74 Å². The van der Waals surface area contributed by atoms with E-state index in [2.05, 4.69) is 4.90 Å². The first kappa shape index (κ1) is 19.0. The van der Waals surface area contributed by atoms with E-state index < -0.39 is 0 Å². The van der Waals surface area contributed by atoms with Crippen LogP contribution >= 0.6 is 0 Å². The molecule has 0 N–H and O–H groups in total. The van der Waals surface area contributed by atoms with Crippen LogP contribution in [-0.4, -0.2) is 35.8 Å². The lowest BCUT2D eigenvalue weighted by atomic mass is 9.88. The van der Waals surface area contributed by atoms with Gasteiger partial charge in [0.05, 0.1) is 12.0 Å². The van der Waals surface area contributed by atoms with E-state index in [0.29, 0.717) is 6.54 Å². The van der Waals surface area contributed by atoms with Gasteiger partial charge in [0.1, 0.15) is 5.75 Å². The Morgan fingerprint density at radius 1 is 1.19 bits per heavy atom. The molecule has 1 saturated heterocycles. The normalized spacial score (nSPS) is 15.5. The number of carbonyl (C=O) groups excluding carboxylic acids is 1. The third-order valence-corrected chi connectivity index (χ3v) is 5.34. The van der Waals surface area contributed by atoms with Crippen LogP contribution in [0.5, 0.6) is 5.75 Å². The highest BCUT2D eigenvalue weighted by atomic mass is 16.6. The molecular formula is C21H24N2O4. The Balaban J connectivity index is 1.59. The van der Waals surface area contributed by atoms with E-state index in [1.807, 2.05) is 30.3 Å². The lowest BCUT2D eigenvalue weighted by Crippen LogP contribution is -2.36. The van der Waals surface area contributed by atoms with Crippen molar-refractivity contribution in [1.29, 1.82) is 0 Å². The molecule has 0 aliphatic carbocycles. The molecule has 1 aliphatic rings. The lowest BCUT2D eigenvalue weighted by molar-refractivity contribution is -0.385. The summed E-state index contributed by atoms with van der Waals surface area (Å²) in [6.45, 7) is 4.10. The minimum absolute atomic E-state index is 0.0286. The summed E-state index contributed by atoms with van der Waals surface area (Å²) in [6, 6.07) is 12.5. The number of nitrogens with zero attached hydrogens (tertiary/aromatic N) is 2. The number of nitro benzene ring substituents is 1. The quantitative estimate of drug-likeness (QED) is 0.438. The standard InChI is InChI=1S/C21H24N2O4/c1-15-18(4-3-5-20(15)23(25)26)14-22-12-10-17(11-13-22)21(24)16-6-8-19(27-2)9-7-16/h3-9,17H,10-14H2,1-2H3. The first-order chi connectivity index (χ1) is 13.0. The van der Waals surface area contributed by atoms with Gasteiger partial charge in [-0.25, -0.2) is 0 Å². The molecule has 1 heterocycles. The number of ether oxygens (including phenoxy) is 1. The summed E-state index contributed by atoms with van der Waals surface area (Å²) < 4.78 is 5.14. The second-order valence-corrected chi connectivity index (χ2v) is 6.96. The maximum atomic E-state index is 12.7. The van der Waals surface area contributed by atoms with E-state index in [1.165, 1.54) is 0 Å². The molecule has 1 fully saturated rings. The van der Waals surface area contributed by atoms with Gasteiger partial charge in [-0.2, -0.15) is 0 Å². The fraction of sp³-hybridized carbons (Fsp3) is 0.381. The van der Waals surface area contributed by atoms with Crippen molar-refractivity contribution < 1.29 is 14.5 Å².